The maximum absolute atomic E-state index is 13.2. The van der Waals surface area contributed by atoms with Crippen molar-refractivity contribution in [2.75, 3.05) is 6.54 Å². The highest BCUT2D eigenvalue weighted by atomic mass is 35.5. The molecule has 1 aromatic heterocycles. The van der Waals surface area contributed by atoms with Crippen molar-refractivity contribution in [2.24, 2.45) is 0 Å². The van der Waals surface area contributed by atoms with E-state index in [0.29, 0.717) is 10.6 Å². The predicted octanol–water partition coefficient (Wildman–Crippen LogP) is 3.72. The number of benzene rings is 1. The Morgan fingerprint density at radius 2 is 1.89 bits per heavy atom. The Kier molecular flexibility index (Phi) is 5.66. The second-order valence-electron chi connectivity index (χ2n) is 5.83. The molecule has 148 valence electrons. The van der Waals surface area contributed by atoms with Gasteiger partial charge in [-0.15, -0.1) is 0 Å². The highest BCUT2D eigenvalue weighted by Gasteiger charge is 2.37. The van der Waals surface area contributed by atoms with Crippen molar-refractivity contribution < 1.29 is 27.5 Å². The molecule has 1 aliphatic rings. The second kappa shape index (κ2) is 7.84. The number of carbonyl (C=O) groups excluding carboxylic acids is 2. The van der Waals surface area contributed by atoms with Crippen molar-refractivity contribution in [2.45, 2.75) is 18.3 Å². The van der Waals surface area contributed by atoms with Gasteiger partial charge in [-0.05, 0) is 29.8 Å². The third-order valence-corrected chi connectivity index (χ3v) is 4.45. The normalized spacial score (nSPS) is 17.6. The van der Waals surface area contributed by atoms with Gasteiger partial charge in [-0.1, -0.05) is 35.3 Å². The lowest BCUT2D eigenvalue weighted by Gasteiger charge is -2.21. The lowest BCUT2D eigenvalue weighted by Crippen LogP contribution is -2.39. The first kappa shape index (κ1) is 20.2. The van der Waals surface area contributed by atoms with Gasteiger partial charge in [-0.3, -0.25) is 4.79 Å². The van der Waals surface area contributed by atoms with E-state index in [1.807, 2.05) is 0 Å². The summed E-state index contributed by atoms with van der Waals surface area (Å²) in [4.78, 5) is 27.2. The summed E-state index contributed by atoms with van der Waals surface area (Å²) in [6.45, 7) is -0.0557. The molecule has 1 fully saturated rings. The van der Waals surface area contributed by atoms with Gasteiger partial charge < -0.3 is 15.4 Å². The first-order valence-corrected chi connectivity index (χ1v) is 8.64. The number of ether oxygens (including phenoxy) is 1. The number of nitrogens with one attached hydrogen (secondary N) is 2. The van der Waals surface area contributed by atoms with Crippen LogP contribution in [0.5, 0.6) is 0 Å². The Morgan fingerprint density at radius 1 is 1.21 bits per heavy atom. The number of amides is 2. The lowest BCUT2D eigenvalue weighted by molar-refractivity contribution is -0.141. The fraction of sp³-hybridized carbons (Fsp3) is 0.235. The topological polar surface area (TPSA) is 80.3 Å². The van der Waals surface area contributed by atoms with Crippen molar-refractivity contribution in [3.05, 3.63) is 63.4 Å². The van der Waals surface area contributed by atoms with Gasteiger partial charge >= 0.3 is 12.3 Å². The largest absolute Gasteiger partial charge is 0.434 e. The number of carbonyl (C=O) groups is 2. The molecule has 2 aromatic rings. The zero-order valence-corrected chi connectivity index (χ0v) is 15.4. The van der Waals surface area contributed by atoms with E-state index in [2.05, 4.69) is 15.6 Å². The summed E-state index contributed by atoms with van der Waals surface area (Å²) in [7, 11) is 0. The molecule has 1 saturated heterocycles. The van der Waals surface area contributed by atoms with E-state index in [9.17, 15) is 22.8 Å². The zero-order valence-electron chi connectivity index (χ0n) is 13.9. The minimum atomic E-state index is -4.77. The van der Waals surface area contributed by atoms with E-state index in [1.54, 1.807) is 0 Å². The molecule has 0 bridgehead atoms. The quantitative estimate of drug-likeness (QED) is 0.769. The third-order valence-electron chi connectivity index (χ3n) is 3.90. The lowest BCUT2D eigenvalue weighted by atomic mass is 10.0. The summed E-state index contributed by atoms with van der Waals surface area (Å²) in [5.74, 6) is -0.691. The minimum Gasteiger partial charge on any atom is -0.434 e. The van der Waals surface area contributed by atoms with E-state index in [-0.39, 0.29) is 12.2 Å². The van der Waals surface area contributed by atoms with Crippen LogP contribution >= 0.6 is 23.2 Å². The summed E-state index contributed by atoms with van der Waals surface area (Å²) >= 11 is 11.5. The summed E-state index contributed by atoms with van der Waals surface area (Å²) in [5, 5.41) is 4.73. The van der Waals surface area contributed by atoms with Crippen LogP contribution in [0, 0.1) is 0 Å². The summed E-state index contributed by atoms with van der Waals surface area (Å²) < 4.78 is 44.4. The van der Waals surface area contributed by atoms with Gasteiger partial charge in [-0.25, -0.2) is 9.78 Å². The van der Waals surface area contributed by atoms with Crippen LogP contribution in [0.4, 0.5) is 18.0 Å². The Morgan fingerprint density at radius 3 is 2.46 bits per heavy atom. The Bertz CT molecular complexity index is 907. The summed E-state index contributed by atoms with van der Waals surface area (Å²) in [6, 6.07) is 7.39. The average Bonchev–Trinajstić information content (AvgIpc) is 3.07. The fourth-order valence-electron chi connectivity index (χ4n) is 2.57. The molecule has 2 atom stereocenters. The number of halogens is 5. The van der Waals surface area contributed by atoms with E-state index in [1.165, 1.54) is 30.3 Å². The molecule has 2 heterocycles. The molecule has 1 aromatic carbocycles. The number of alkyl carbamates (subject to hydrolysis) is 1. The number of nitrogens with zero attached hydrogens (tertiary/aromatic N) is 1. The molecule has 0 aliphatic carbocycles. The Labute approximate surface area is 167 Å². The van der Waals surface area contributed by atoms with E-state index in [4.69, 9.17) is 27.9 Å². The molecule has 3 rings (SSSR count). The monoisotopic (exact) mass is 433 g/mol. The molecular formula is C17H12Cl2F3N3O3. The molecule has 6 nitrogen and oxygen atoms in total. The van der Waals surface area contributed by atoms with E-state index < -0.39 is 41.0 Å². The van der Waals surface area contributed by atoms with Gasteiger partial charge in [0.05, 0.1) is 23.3 Å². The van der Waals surface area contributed by atoms with Crippen molar-refractivity contribution in [1.82, 2.24) is 15.6 Å². The van der Waals surface area contributed by atoms with Crippen molar-refractivity contribution >= 4 is 35.2 Å². The van der Waals surface area contributed by atoms with Crippen LogP contribution < -0.4 is 10.6 Å². The number of rotatable bonds is 4. The molecule has 0 unspecified atom stereocenters. The van der Waals surface area contributed by atoms with Gasteiger partial charge in [0.2, 0.25) is 0 Å². The molecule has 1 aliphatic heterocycles. The average molecular weight is 434 g/mol. The highest BCUT2D eigenvalue weighted by Crippen LogP contribution is 2.34. The smallest absolute Gasteiger partial charge is 0.434 e. The van der Waals surface area contributed by atoms with Crippen LogP contribution in [0.1, 0.15) is 23.0 Å². The number of alkyl halides is 3. The Balaban J connectivity index is 1.98. The molecule has 0 saturated carbocycles. The molecule has 2 N–H and O–H groups in total. The molecule has 28 heavy (non-hydrogen) atoms. The number of aromatic nitrogens is 1. The SMILES string of the molecule is O=C1NC[C@@H](C(=O)N[C@@H](c2ccc(Cl)cc2)c2ccc(Cl)c(C(F)(F)F)n2)O1. The van der Waals surface area contributed by atoms with Gasteiger partial charge in [0.25, 0.3) is 5.91 Å². The number of cyclic esters (lactones) is 1. The standard InChI is InChI=1S/C17H12Cl2F3N3O3/c18-9-3-1-8(2-4-9)13(25-15(26)12-7-23-16(27)28-12)11-6-5-10(19)14(24-11)17(20,21)22/h1-6,12-13H,7H2,(H,23,27)(H,25,26)/t12-,13-/m0/s1. The summed E-state index contributed by atoms with van der Waals surface area (Å²) in [5.41, 5.74) is -0.934. The van der Waals surface area contributed by atoms with Gasteiger partial charge in [0.15, 0.2) is 11.8 Å². The van der Waals surface area contributed by atoms with Crippen LogP contribution in [-0.2, 0) is 15.7 Å². The van der Waals surface area contributed by atoms with Crippen LogP contribution in [0.2, 0.25) is 10.0 Å². The first-order chi connectivity index (χ1) is 13.1. The molecule has 2 amide bonds. The third kappa shape index (κ3) is 4.48. The fourth-order valence-corrected chi connectivity index (χ4v) is 2.91. The van der Waals surface area contributed by atoms with Crippen LogP contribution in [0.25, 0.3) is 0 Å². The molecule has 11 heteroatoms. The van der Waals surface area contributed by atoms with Gasteiger partial charge in [0, 0.05) is 5.02 Å². The van der Waals surface area contributed by atoms with Crippen molar-refractivity contribution in [1.29, 1.82) is 0 Å². The van der Waals surface area contributed by atoms with Crippen molar-refractivity contribution in [3.8, 4) is 0 Å². The van der Waals surface area contributed by atoms with Gasteiger partial charge in [-0.2, -0.15) is 13.2 Å². The predicted molar refractivity (Wildman–Crippen MR) is 94.0 cm³/mol. The second-order valence-corrected chi connectivity index (χ2v) is 6.68. The number of pyridine rings is 1. The minimum absolute atomic E-state index is 0.0557. The maximum Gasteiger partial charge on any atom is 0.434 e. The summed E-state index contributed by atoms with van der Waals surface area (Å²) in [6.07, 6.45) is -6.64. The number of hydrogen-bond donors (Lipinski definition) is 2. The van der Waals surface area contributed by atoms with Gasteiger partial charge in [0.1, 0.15) is 0 Å². The Hall–Kier alpha value is -2.52. The molecular weight excluding hydrogens is 422 g/mol. The highest BCUT2D eigenvalue weighted by molar-refractivity contribution is 6.31. The number of hydrogen-bond acceptors (Lipinski definition) is 4. The van der Waals surface area contributed by atoms with Crippen LogP contribution in [0.3, 0.4) is 0 Å². The van der Waals surface area contributed by atoms with E-state index in [0.717, 1.165) is 6.07 Å². The van der Waals surface area contributed by atoms with Crippen LogP contribution in [0.15, 0.2) is 36.4 Å². The molecule has 0 spiro atoms. The first-order valence-electron chi connectivity index (χ1n) is 7.89. The van der Waals surface area contributed by atoms with Crippen molar-refractivity contribution in [3.63, 3.8) is 0 Å². The maximum atomic E-state index is 13.2. The zero-order chi connectivity index (χ0) is 20.5. The van der Waals surface area contributed by atoms with E-state index >= 15 is 0 Å². The molecule has 0 radical (unpaired) electrons. The van der Waals surface area contributed by atoms with Crippen LogP contribution in [-0.4, -0.2) is 29.6 Å².